The van der Waals surface area contributed by atoms with Gasteiger partial charge in [-0.15, -0.1) is 0 Å². The van der Waals surface area contributed by atoms with Gasteiger partial charge in [-0.05, 0) is 42.0 Å². The second kappa shape index (κ2) is 4.70. The number of phenolic OH excluding ortho intramolecular Hbond substituents is 1. The van der Waals surface area contributed by atoms with Crippen LogP contribution in [0.2, 0.25) is 0 Å². The average Bonchev–Trinajstić information content (AvgIpc) is 2.83. The summed E-state index contributed by atoms with van der Waals surface area (Å²) in [6.07, 6.45) is 3.48. The Kier molecular flexibility index (Phi) is 2.89. The van der Waals surface area contributed by atoms with Crippen molar-refractivity contribution >= 4 is 16.5 Å². The normalized spacial score (nSPS) is 10.5. The summed E-state index contributed by atoms with van der Waals surface area (Å²) in [7, 11) is 0. The number of nitrogens with zero attached hydrogens (tertiary/aromatic N) is 2. The third kappa shape index (κ3) is 2.28. The minimum atomic E-state index is 0.240. The Morgan fingerprint density at radius 1 is 1.05 bits per heavy atom. The van der Waals surface area contributed by atoms with E-state index in [4.69, 9.17) is 5.73 Å². The third-order valence-corrected chi connectivity index (χ3v) is 3.64. The molecule has 0 bridgehead atoms. The maximum absolute atomic E-state index is 9.35. The van der Waals surface area contributed by atoms with Gasteiger partial charge in [-0.25, -0.2) is 4.98 Å². The molecular weight excluding hydrogens is 258 g/mol. The fourth-order valence-corrected chi connectivity index (χ4v) is 2.70. The van der Waals surface area contributed by atoms with Crippen LogP contribution in [-0.2, 0) is 0 Å². The van der Waals surface area contributed by atoms with Crippen LogP contribution in [-0.4, -0.2) is 15.1 Å². The molecule has 4 nitrogen and oxygen atoms in total. The first-order valence-corrected chi connectivity index (χ1v) is 6.52. The number of phenols is 1. The van der Waals surface area contributed by atoms with Gasteiger partial charge in [0, 0.05) is 18.0 Å². The second-order valence-corrected chi connectivity index (χ2v) is 5.05. The number of anilines is 1. The van der Waals surface area contributed by atoms with Crippen molar-refractivity contribution in [2.75, 3.05) is 5.73 Å². The van der Waals surface area contributed by atoms with Crippen molar-refractivity contribution in [1.29, 1.82) is 0 Å². The second-order valence-electron chi connectivity index (χ2n) is 4.02. The zero-order chi connectivity index (χ0) is 13.2. The van der Waals surface area contributed by atoms with Gasteiger partial charge in [-0.1, -0.05) is 11.3 Å². The molecule has 0 aliphatic heterocycles. The maximum atomic E-state index is 9.35. The summed E-state index contributed by atoms with van der Waals surface area (Å²) in [6.45, 7) is 0. The Morgan fingerprint density at radius 2 is 1.84 bits per heavy atom. The SMILES string of the molecule is Nc1nc(-c2cccnc2)c(-c2ccc(O)cc2)s1. The summed E-state index contributed by atoms with van der Waals surface area (Å²) >= 11 is 1.43. The van der Waals surface area contributed by atoms with Crippen molar-refractivity contribution in [3.8, 4) is 27.4 Å². The van der Waals surface area contributed by atoms with Crippen LogP contribution in [0.1, 0.15) is 0 Å². The van der Waals surface area contributed by atoms with E-state index in [1.165, 1.54) is 11.3 Å². The van der Waals surface area contributed by atoms with E-state index in [1.54, 1.807) is 24.5 Å². The number of nitrogen functional groups attached to an aromatic ring is 1. The van der Waals surface area contributed by atoms with E-state index in [0.29, 0.717) is 5.13 Å². The Balaban J connectivity index is 2.15. The molecular formula is C14H11N3OS. The van der Waals surface area contributed by atoms with Crippen LogP contribution in [0.5, 0.6) is 5.75 Å². The van der Waals surface area contributed by atoms with Crippen molar-refractivity contribution in [2.24, 2.45) is 0 Å². The van der Waals surface area contributed by atoms with Crippen LogP contribution >= 0.6 is 11.3 Å². The van der Waals surface area contributed by atoms with Gasteiger partial charge < -0.3 is 10.8 Å². The van der Waals surface area contributed by atoms with Crippen LogP contribution in [0, 0.1) is 0 Å². The maximum Gasteiger partial charge on any atom is 0.181 e. The van der Waals surface area contributed by atoms with Gasteiger partial charge in [0.2, 0.25) is 0 Å². The number of nitrogens with two attached hydrogens (primary N) is 1. The third-order valence-electron chi connectivity index (χ3n) is 2.71. The van der Waals surface area contributed by atoms with Gasteiger partial charge in [0.05, 0.1) is 10.6 Å². The first kappa shape index (κ1) is 11.7. The molecule has 0 radical (unpaired) electrons. The van der Waals surface area contributed by atoms with Crippen LogP contribution in [0.25, 0.3) is 21.7 Å². The summed E-state index contributed by atoms with van der Waals surface area (Å²) in [5.41, 5.74) is 8.55. The summed E-state index contributed by atoms with van der Waals surface area (Å²) < 4.78 is 0. The van der Waals surface area contributed by atoms with Gasteiger partial charge in [0.25, 0.3) is 0 Å². The van der Waals surface area contributed by atoms with E-state index in [-0.39, 0.29) is 5.75 Å². The molecule has 94 valence electrons. The molecule has 0 unspecified atom stereocenters. The molecule has 3 N–H and O–H groups in total. The fraction of sp³-hybridized carbons (Fsp3) is 0. The number of aromatic hydroxyl groups is 1. The minimum Gasteiger partial charge on any atom is -0.508 e. The molecule has 0 spiro atoms. The lowest BCUT2D eigenvalue weighted by atomic mass is 10.1. The molecule has 0 aliphatic carbocycles. The van der Waals surface area contributed by atoms with Gasteiger partial charge in [-0.3, -0.25) is 4.98 Å². The minimum absolute atomic E-state index is 0.240. The Bertz CT molecular complexity index is 692. The highest BCUT2D eigenvalue weighted by molar-refractivity contribution is 7.19. The molecule has 0 aliphatic rings. The van der Waals surface area contributed by atoms with Gasteiger partial charge in [0.15, 0.2) is 5.13 Å². The first-order chi connectivity index (χ1) is 9.24. The number of thiazole rings is 1. The summed E-state index contributed by atoms with van der Waals surface area (Å²) in [4.78, 5) is 9.45. The number of rotatable bonds is 2. The molecule has 0 amide bonds. The van der Waals surface area contributed by atoms with Gasteiger partial charge in [0.1, 0.15) is 5.75 Å². The summed E-state index contributed by atoms with van der Waals surface area (Å²) in [5.74, 6) is 0.240. The molecule has 0 fully saturated rings. The van der Waals surface area contributed by atoms with E-state index in [9.17, 15) is 5.11 Å². The molecule has 19 heavy (non-hydrogen) atoms. The predicted molar refractivity (Wildman–Crippen MR) is 76.9 cm³/mol. The molecule has 2 aromatic heterocycles. The smallest absolute Gasteiger partial charge is 0.181 e. The Labute approximate surface area is 114 Å². The fourth-order valence-electron chi connectivity index (χ4n) is 1.84. The van der Waals surface area contributed by atoms with Gasteiger partial charge in [-0.2, -0.15) is 0 Å². The van der Waals surface area contributed by atoms with Crippen LogP contribution in [0.3, 0.4) is 0 Å². The largest absolute Gasteiger partial charge is 0.508 e. The van der Waals surface area contributed by atoms with Crippen molar-refractivity contribution in [3.63, 3.8) is 0 Å². The first-order valence-electron chi connectivity index (χ1n) is 5.70. The highest BCUT2D eigenvalue weighted by atomic mass is 32.1. The summed E-state index contributed by atoms with van der Waals surface area (Å²) in [6, 6.07) is 10.8. The van der Waals surface area contributed by atoms with Crippen molar-refractivity contribution in [3.05, 3.63) is 48.8 Å². The molecule has 3 rings (SSSR count). The molecule has 5 heteroatoms. The van der Waals surface area contributed by atoms with E-state index >= 15 is 0 Å². The predicted octanol–water partition coefficient (Wildman–Crippen LogP) is 3.16. The average molecular weight is 269 g/mol. The van der Waals surface area contributed by atoms with Crippen LogP contribution in [0.4, 0.5) is 5.13 Å². The number of benzene rings is 1. The number of pyridine rings is 1. The lowest BCUT2D eigenvalue weighted by Crippen LogP contribution is -1.85. The number of hydrogen-bond acceptors (Lipinski definition) is 5. The van der Waals surface area contributed by atoms with E-state index < -0.39 is 0 Å². The number of hydrogen-bond donors (Lipinski definition) is 2. The molecule has 0 saturated carbocycles. The van der Waals surface area contributed by atoms with Crippen molar-refractivity contribution in [1.82, 2.24) is 9.97 Å². The Morgan fingerprint density at radius 3 is 2.53 bits per heavy atom. The van der Waals surface area contributed by atoms with Crippen molar-refractivity contribution < 1.29 is 5.11 Å². The zero-order valence-corrected chi connectivity index (χ0v) is 10.8. The Hall–Kier alpha value is -2.40. The molecule has 3 aromatic rings. The topological polar surface area (TPSA) is 72.0 Å². The van der Waals surface area contributed by atoms with E-state index in [2.05, 4.69) is 9.97 Å². The molecule has 2 heterocycles. The number of aromatic nitrogens is 2. The molecule has 0 saturated heterocycles. The molecule has 0 atom stereocenters. The standard InChI is InChI=1S/C14H11N3OS/c15-14-17-12(10-2-1-7-16-8-10)13(19-14)9-3-5-11(18)6-4-9/h1-8,18H,(H2,15,17). The lowest BCUT2D eigenvalue weighted by molar-refractivity contribution is 0.475. The quantitative estimate of drug-likeness (QED) is 0.749. The zero-order valence-electron chi connectivity index (χ0n) is 9.95. The van der Waals surface area contributed by atoms with Crippen molar-refractivity contribution in [2.45, 2.75) is 0 Å². The highest BCUT2D eigenvalue weighted by Crippen LogP contribution is 2.37. The van der Waals surface area contributed by atoms with E-state index in [0.717, 1.165) is 21.7 Å². The van der Waals surface area contributed by atoms with Gasteiger partial charge >= 0.3 is 0 Å². The summed E-state index contributed by atoms with van der Waals surface area (Å²) in [5, 5.41) is 9.86. The lowest BCUT2D eigenvalue weighted by Gasteiger charge is -2.02. The van der Waals surface area contributed by atoms with E-state index in [1.807, 2.05) is 24.3 Å². The van der Waals surface area contributed by atoms with Crippen LogP contribution < -0.4 is 5.73 Å². The highest BCUT2D eigenvalue weighted by Gasteiger charge is 2.13. The monoisotopic (exact) mass is 269 g/mol. The molecule has 1 aromatic carbocycles. The van der Waals surface area contributed by atoms with Crippen LogP contribution in [0.15, 0.2) is 48.8 Å².